The summed E-state index contributed by atoms with van der Waals surface area (Å²) in [5, 5.41) is 0. The molecule has 0 aliphatic heterocycles. The van der Waals surface area contributed by atoms with Crippen molar-refractivity contribution in [3.05, 3.63) is 0 Å². The van der Waals surface area contributed by atoms with Crippen molar-refractivity contribution in [2.75, 3.05) is 6.61 Å². The molecule has 3 N–H and O–H groups in total. The van der Waals surface area contributed by atoms with Gasteiger partial charge in [-0.1, -0.05) is 0 Å². The Kier molecular flexibility index (Phi) is 4.81. The van der Waals surface area contributed by atoms with Gasteiger partial charge < -0.3 is 15.2 Å². The molecule has 0 saturated carbocycles. The second-order valence-electron chi connectivity index (χ2n) is 1.62. The molecule has 0 heterocycles. The van der Waals surface area contributed by atoms with Crippen molar-refractivity contribution in [1.82, 2.24) is 0 Å². The molecule has 0 bridgehead atoms. The third-order valence-electron chi connectivity index (χ3n) is 0.850. The molecule has 0 aliphatic rings. The highest BCUT2D eigenvalue weighted by molar-refractivity contribution is 7.24. The van der Waals surface area contributed by atoms with Gasteiger partial charge in [0, 0.05) is 0 Å². The first-order chi connectivity index (χ1) is 4.18. The number of carbonyl (C=O) groups is 1. The monoisotopic (exact) mass is 151 g/mol. The van der Waals surface area contributed by atoms with Gasteiger partial charge in [0.25, 0.3) is 0 Å². The minimum absolute atomic E-state index is 0.101. The van der Waals surface area contributed by atoms with Crippen LogP contribution in [0, 0.1) is 0 Å². The summed E-state index contributed by atoms with van der Waals surface area (Å²) in [4.78, 5) is 18.5. The number of hydrogen-bond acceptors (Lipinski definition) is 4. The van der Waals surface area contributed by atoms with Gasteiger partial charge in [-0.25, -0.2) is 0 Å². The third kappa shape index (κ3) is 4.48. The fourth-order valence-electron chi connectivity index (χ4n) is 0.244. The van der Waals surface area contributed by atoms with E-state index >= 15 is 0 Å². The summed E-state index contributed by atoms with van der Waals surface area (Å²) in [7, 11) is -0.589. The molecule has 2 atom stereocenters. The van der Waals surface area contributed by atoms with E-state index in [1.165, 1.54) is 6.92 Å². The van der Waals surface area contributed by atoms with Crippen LogP contribution in [0.3, 0.4) is 0 Å². The van der Waals surface area contributed by atoms with E-state index in [0.29, 0.717) is 0 Å². The quantitative estimate of drug-likeness (QED) is 0.527. The normalized spacial score (nSPS) is 14.6. The number of ketones is 1. The zero-order valence-electron chi connectivity index (χ0n) is 5.13. The molecular weight excluding hydrogens is 141 g/mol. The fraction of sp³-hybridized carbons (Fsp3) is 0.750. The van der Waals surface area contributed by atoms with Gasteiger partial charge in [0.2, 0.25) is 0 Å². The van der Waals surface area contributed by atoms with Crippen molar-refractivity contribution in [3.63, 3.8) is 0 Å². The van der Waals surface area contributed by atoms with Crippen molar-refractivity contribution in [2.45, 2.75) is 13.0 Å². The third-order valence-corrected chi connectivity index (χ3v) is 1.15. The van der Waals surface area contributed by atoms with Crippen molar-refractivity contribution in [1.29, 1.82) is 0 Å². The predicted molar refractivity (Wildman–Crippen MR) is 35.1 cm³/mol. The first-order valence-electron chi connectivity index (χ1n) is 2.45. The van der Waals surface area contributed by atoms with Crippen LogP contribution < -0.4 is 5.73 Å². The summed E-state index contributed by atoms with van der Waals surface area (Å²) in [5.41, 5.74) is 5.22. The summed E-state index contributed by atoms with van der Waals surface area (Å²) >= 11 is 0. The maximum atomic E-state index is 10.4. The number of nitrogens with two attached hydrogens (primary N) is 1. The van der Waals surface area contributed by atoms with Gasteiger partial charge in [0.15, 0.2) is 9.03 Å². The Labute approximate surface area is 55.3 Å². The van der Waals surface area contributed by atoms with E-state index in [0.717, 1.165) is 0 Å². The number of rotatable bonds is 4. The SMILES string of the molecule is CC(=O)C(N)COPO. The molecule has 0 radical (unpaired) electrons. The van der Waals surface area contributed by atoms with Crippen molar-refractivity contribution in [3.8, 4) is 0 Å². The molecule has 54 valence electrons. The summed E-state index contributed by atoms with van der Waals surface area (Å²) in [5.74, 6) is -0.131. The molecule has 0 aromatic heterocycles. The van der Waals surface area contributed by atoms with Gasteiger partial charge in [0.1, 0.15) is 5.78 Å². The van der Waals surface area contributed by atoms with Crippen LogP contribution in [0.5, 0.6) is 0 Å². The van der Waals surface area contributed by atoms with Crippen LogP contribution in [0.4, 0.5) is 0 Å². The number of carbonyl (C=O) groups excluding carboxylic acids is 1. The van der Waals surface area contributed by atoms with Gasteiger partial charge >= 0.3 is 0 Å². The molecule has 2 unspecified atom stereocenters. The van der Waals surface area contributed by atoms with Crippen molar-refractivity contribution < 1.29 is 14.2 Å². The summed E-state index contributed by atoms with van der Waals surface area (Å²) in [6.07, 6.45) is 0. The number of hydrogen-bond donors (Lipinski definition) is 2. The van der Waals surface area contributed by atoms with E-state index in [9.17, 15) is 4.79 Å². The number of Topliss-reactive ketones (excluding diaryl/α,β-unsaturated/α-hetero) is 1. The summed E-state index contributed by atoms with van der Waals surface area (Å²) in [6, 6.07) is -0.593. The maximum Gasteiger partial charge on any atom is 0.152 e. The minimum atomic E-state index is -0.593. The van der Waals surface area contributed by atoms with Crippen LogP contribution in [-0.2, 0) is 9.32 Å². The highest BCUT2D eigenvalue weighted by atomic mass is 31.1. The van der Waals surface area contributed by atoms with E-state index in [1.807, 2.05) is 0 Å². The molecule has 0 saturated heterocycles. The van der Waals surface area contributed by atoms with Crippen LogP contribution in [0.2, 0.25) is 0 Å². The van der Waals surface area contributed by atoms with Crippen molar-refractivity contribution in [2.24, 2.45) is 5.73 Å². The van der Waals surface area contributed by atoms with E-state index in [4.69, 9.17) is 10.6 Å². The van der Waals surface area contributed by atoms with Crippen LogP contribution >= 0.6 is 9.03 Å². The molecule has 0 fully saturated rings. The Bertz CT molecular complexity index is 97.8. The van der Waals surface area contributed by atoms with Gasteiger partial charge in [0.05, 0.1) is 12.6 Å². The molecule has 0 aromatic rings. The van der Waals surface area contributed by atoms with Crippen LogP contribution in [0.25, 0.3) is 0 Å². The lowest BCUT2D eigenvalue weighted by Gasteiger charge is -2.04. The molecule has 5 heteroatoms. The van der Waals surface area contributed by atoms with Gasteiger partial charge in [-0.15, -0.1) is 0 Å². The smallest absolute Gasteiger partial charge is 0.152 e. The van der Waals surface area contributed by atoms with E-state index in [1.54, 1.807) is 0 Å². The summed E-state index contributed by atoms with van der Waals surface area (Å²) < 4.78 is 4.49. The second-order valence-corrected chi connectivity index (χ2v) is 2.09. The van der Waals surface area contributed by atoms with Crippen molar-refractivity contribution >= 4 is 14.8 Å². The molecule has 0 aromatic carbocycles. The minimum Gasteiger partial charge on any atom is -0.352 e. The highest BCUT2D eigenvalue weighted by Crippen LogP contribution is 2.02. The largest absolute Gasteiger partial charge is 0.352 e. The Hall–Kier alpha value is -0.0200. The average molecular weight is 151 g/mol. The lowest BCUT2D eigenvalue weighted by atomic mass is 10.2. The first-order valence-corrected chi connectivity index (χ1v) is 3.31. The maximum absolute atomic E-state index is 10.4. The molecule has 4 nitrogen and oxygen atoms in total. The second kappa shape index (κ2) is 4.82. The van der Waals surface area contributed by atoms with Gasteiger partial charge in [-0.3, -0.25) is 4.79 Å². The zero-order valence-corrected chi connectivity index (χ0v) is 6.13. The lowest BCUT2D eigenvalue weighted by Crippen LogP contribution is -2.32. The Balaban J connectivity index is 3.27. The zero-order chi connectivity index (χ0) is 7.28. The topological polar surface area (TPSA) is 72.6 Å². The fourth-order valence-corrected chi connectivity index (χ4v) is 0.498. The van der Waals surface area contributed by atoms with E-state index in [2.05, 4.69) is 4.52 Å². The first kappa shape index (κ1) is 8.98. The highest BCUT2D eigenvalue weighted by Gasteiger charge is 2.06. The standard InChI is InChI=1S/C4H10NO3P/c1-3(6)4(5)2-8-9-7/h4,7,9H,2,5H2,1H3. The molecule has 9 heavy (non-hydrogen) atoms. The lowest BCUT2D eigenvalue weighted by molar-refractivity contribution is -0.118. The molecule has 0 amide bonds. The summed E-state index contributed by atoms with van der Waals surface area (Å²) in [6.45, 7) is 1.48. The molecule has 0 rings (SSSR count). The Morgan fingerprint density at radius 2 is 2.56 bits per heavy atom. The van der Waals surface area contributed by atoms with Crippen LogP contribution in [0.1, 0.15) is 6.92 Å². The molecular formula is C4H10NO3P. The Morgan fingerprint density at radius 3 is 2.89 bits per heavy atom. The van der Waals surface area contributed by atoms with Crippen LogP contribution in [0.15, 0.2) is 0 Å². The van der Waals surface area contributed by atoms with Gasteiger partial charge in [-0.05, 0) is 6.92 Å². The average Bonchev–Trinajstić information content (AvgIpc) is 1.82. The van der Waals surface area contributed by atoms with E-state index in [-0.39, 0.29) is 12.4 Å². The van der Waals surface area contributed by atoms with Gasteiger partial charge in [-0.2, -0.15) is 0 Å². The molecule has 0 aliphatic carbocycles. The van der Waals surface area contributed by atoms with Crippen LogP contribution in [-0.4, -0.2) is 23.3 Å². The van der Waals surface area contributed by atoms with E-state index < -0.39 is 15.1 Å². The molecule has 0 spiro atoms. The Morgan fingerprint density at radius 1 is 2.00 bits per heavy atom. The predicted octanol–water partition coefficient (Wildman–Crippen LogP) is -0.580.